The average molecular weight is 237 g/mol. The quantitative estimate of drug-likeness (QED) is 0.813. The summed E-state index contributed by atoms with van der Waals surface area (Å²) in [7, 11) is 1.34. The molecule has 1 unspecified atom stereocenters. The first-order valence-corrected chi connectivity index (χ1v) is 5.56. The Morgan fingerprint density at radius 1 is 1.35 bits per heavy atom. The van der Waals surface area contributed by atoms with Gasteiger partial charge in [-0.3, -0.25) is 0 Å². The lowest BCUT2D eigenvalue weighted by Crippen LogP contribution is -2.25. The maximum absolute atomic E-state index is 11.3. The molecule has 4 nitrogen and oxygen atoms in total. The standard InChI is InChI=1S/C13H19NO3/c1-8-5-6-11(9(2)14)12(7-8)17-10(3)13(15)16-4/h5-7,9-10H,14H2,1-4H3/t9-,10?/m1/s1. The second kappa shape index (κ2) is 5.68. The highest BCUT2D eigenvalue weighted by Crippen LogP contribution is 2.26. The summed E-state index contributed by atoms with van der Waals surface area (Å²) in [6, 6.07) is 5.61. The van der Waals surface area contributed by atoms with Gasteiger partial charge in [-0.25, -0.2) is 4.79 Å². The maximum Gasteiger partial charge on any atom is 0.346 e. The minimum atomic E-state index is -0.640. The van der Waals surface area contributed by atoms with Crippen molar-refractivity contribution in [2.24, 2.45) is 5.73 Å². The first-order chi connectivity index (χ1) is 7.95. The molecule has 0 saturated carbocycles. The van der Waals surface area contributed by atoms with Crippen molar-refractivity contribution in [3.05, 3.63) is 29.3 Å². The Labute approximate surface area is 102 Å². The van der Waals surface area contributed by atoms with Gasteiger partial charge in [-0.1, -0.05) is 12.1 Å². The van der Waals surface area contributed by atoms with E-state index in [2.05, 4.69) is 4.74 Å². The minimum Gasteiger partial charge on any atom is -0.479 e. The number of benzene rings is 1. The third kappa shape index (κ3) is 3.46. The number of methoxy groups -OCH3 is 1. The Bertz CT molecular complexity index is 402. The third-order valence-electron chi connectivity index (χ3n) is 2.50. The minimum absolute atomic E-state index is 0.143. The molecule has 1 rings (SSSR count). The average Bonchev–Trinajstić information content (AvgIpc) is 2.27. The van der Waals surface area contributed by atoms with Crippen molar-refractivity contribution in [3.63, 3.8) is 0 Å². The Morgan fingerprint density at radius 2 is 2.00 bits per heavy atom. The number of aryl methyl sites for hydroxylation is 1. The van der Waals surface area contributed by atoms with Crippen LogP contribution >= 0.6 is 0 Å². The molecule has 1 aromatic rings. The van der Waals surface area contributed by atoms with E-state index < -0.39 is 12.1 Å². The Hall–Kier alpha value is -1.55. The molecule has 0 radical (unpaired) electrons. The van der Waals surface area contributed by atoms with Crippen LogP contribution in [0, 0.1) is 6.92 Å². The third-order valence-corrected chi connectivity index (χ3v) is 2.50. The summed E-state index contributed by atoms with van der Waals surface area (Å²) in [5.74, 6) is 0.236. The summed E-state index contributed by atoms with van der Waals surface area (Å²) in [5, 5.41) is 0. The van der Waals surface area contributed by atoms with Gasteiger partial charge in [-0.05, 0) is 32.4 Å². The number of carbonyl (C=O) groups excluding carboxylic acids is 1. The van der Waals surface area contributed by atoms with Gasteiger partial charge in [0.1, 0.15) is 5.75 Å². The first kappa shape index (κ1) is 13.5. The van der Waals surface area contributed by atoms with E-state index in [4.69, 9.17) is 10.5 Å². The van der Waals surface area contributed by atoms with Gasteiger partial charge in [0, 0.05) is 11.6 Å². The van der Waals surface area contributed by atoms with Crippen LogP contribution in [0.2, 0.25) is 0 Å². The Balaban J connectivity index is 2.96. The van der Waals surface area contributed by atoms with E-state index in [1.165, 1.54) is 7.11 Å². The Morgan fingerprint density at radius 3 is 2.53 bits per heavy atom. The van der Waals surface area contributed by atoms with Crippen LogP contribution < -0.4 is 10.5 Å². The molecule has 0 fully saturated rings. The maximum atomic E-state index is 11.3. The molecule has 0 amide bonds. The van der Waals surface area contributed by atoms with Gasteiger partial charge >= 0.3 is 5.97 Å². The number of ether oxygens (including phenoxy) is 2. The highest BCUT2D eigenvalue weighted by Gasteiger charge is 2.17. The largest absolute Gasteiger partial charge is 0.479 e. The van der Waals surface area contributed by atoms with Gasteiger partial charge in [0.2, 0.25) is 0 Å². The molecule has 4 heteroatoms. The molecule has 17 heavy (non-hydrogen) atoms. The number of hydrogen-bond acceptors (Lipinski definition) is 4. The smallest absolute Gasteiger partial charge is 0.346 e. The number of rotatable bonds is 4. The van der Waals surface area contributed by atoms with Crippen molar-refractivity contribution in [1.29, 1.82) is 0 Å². The predicted molar refractivity (Wildman–Crippen MR) is 65.9 cm³/mol. The van der Waals surface area contributed by atoms with E-state index in [9.17, 15) is 4.79 Å². The molecule has 0 spiro atoms. The molecule has 0 aliphatic carbocycles. The fraction of sp³-hybridized carbons (Fsp3) is 0.462. The second-order valence-electron chi connectivity index (χ2n) is 4.11. The molecule has 2 N–H and O–H groups in total. The molecule has 0 aliphatic rings. The van der Waals surface area contributed by atoms with Crippen LogP contribution in [0.25, 0.3) is 0 Å². The van der Waals surface area contributed by atoms with Crippen molar-refractivity contribution in [2.75, 3.05) is 7.11 Å². The van der Waals surface area contributed by atoms with E-state index >= 15 is 0 Å². The van der Waals surface area contributed by atoms with Crippen molar-refractivity contribution in [3.8, 4) is 5.75 Å². The van der Waals surface area contributed by atoms with Crippen molar-refractivity contribution < 1.29 is 14.3 Å². The monoisotopic (exact) mass is 237 g/mol. The molecular weight excluding hydrogens is 218 g/mol. The van der Waals surface area contributed by atoms with Gasteiger partial charge in [0.05, 0.1) is 7.11 Å². The number of hydrogen-bond donors (Lipinski definition) is 1. The molecule has 0 saturated heterocycles. The van der Waals surface area contributed by atoms with Crippen LogP contribution in [-0.4, -0.2) is 19.2 Å². The molecule has 0 heterocycles. The van der Waals surface area contributed by atoms with Crippen molar-refractivity contribution in [1.82, 2.24) is 0 Å². The van der Waals surface area contributed by atoms with Crippen LogP contribution in [0.15, 0.2) is 18.2 Å². The van der Waals surface area contributed by atoms with Crippen LogP contribution in [0.1, 0.15) is 31.0 Å². The van der Waals surface area contributed by atoms with Gasteiger partial charge in [-0.2, -0.15) is 0 Å². The van der Waals surface area contributed by atoms with E-state index in [0.29, 0.717) is 5.75 Å². The van der Waals surface area contributed by atoms with E-state index in [1.807, 2.05) is 32.0 Å². The van der Waals surface area contributed by atoms with Crippen molar-refractivity contribution in [2.45, 2.75) is 32.9 Å². The molecule has 2 atom stereocenters. The van der Waals surface area contributed by atoms with E-state index in [0.717, 1.165) is 11.1 Å². The van der Waals surface area contributed by atoms with Crippen LogP contribution in [-0.2, 0) is 9.53 Å². The first-order valence-electron chi connectivity index (χ1n) is 5.56. The van der Waals surface area contributed by atoms with Crippen LogP contribution in [0.4, 0.5) is 0 Å². The zero-order chi connectivity index (χ0) is 13.0. The van der Waals surface area contributed by atoms with Gasteiger partial charge in [0.15, 0.2) is 6.10 Å². The SMILES string of the molecule is COC(=O)C(C)Oc1cc(C)ccc1[C@@H](C)N. The molecular formula is C13H19NO3. The summed E-state index contributed by atoms with van der Waals surface area (Å²) >= 11 is 0. The van der Waals surface area contributed by atoms with Gasteiger partial charge in [0.25, 0.3) is 0 Å². The topological polar surface area (TPSA) is 61.5 Å². The molecule has 94 valence electrons. The summed E-state index contributed by atoms with van der Waals surface area (Å²) in [6.45, 7) is 5.49. The summed E-state index contributed by atoms with van der Waals surface area (Å²) in [5.41, 5.74) is 7.79. The lowest BCUT2D eigenvalue weighted by molar-refractivity contribution is -0.147. The van der Waals surface area contributed by atoms with Gasteiger partial charge < -0.3 is 15.2 Å². The lowest BCUT2D eigenvalue weighted by atomic mass is 10.1. The highest BCUT2D eigenvalue weighted by molar-refractivity contribution is 5.74. The summed E-state index contributed by atoms with van der Waals surface area (Å²) in [6.07, 6.45) is -0.640. The normalized spacial score (nSPS) is 13.9. The van der Waals surface area contributed by atoms with E-state index in [1.54, 1.807) is 6.92 Å². The Kier molecular flexibility index (Phi) is 4.52. The van der Waals surface area contributed by atoms with Crippen molar-refractivity contribution >= 4 is 5.97 Å². The molecule has 0 aromatic heterocycles. The molecule has 0 aliphatic heterocycles. The fourth-order valence-corrected chi connectivity index (χ4v) is 1.52. The number of nitrogens with two attached hydrogens (primary N) is 1. The second-order valence-corrected chi connectivity index (χ2v) is 4.11. The van der Waals surface area contributed by atoms with Crippen LogP contribution in [0.5, 0.6) is 5.75 Å². The van der Waals surface area contributed by atoms with E-state index in [-0.39, 0.29) is 6.04 Å². The number of esters is 1. The summed E-state index contributed by atoms with van der Waals surface area (Å²) < 4.78 is 10.2. The fourth-order valence-electron chi connectivity index (χ4n) is 1.52. The van der Waals surface area contributed by atoms with Gasteiger partial charge in [-0.15, -0.1) is 0 Å². The number of carbonyl (C=O) groups is 1. The summed E-state index contributed by atoms with van der Waals surface area (Å²) in [4.78, 5) is 11.3. The molecule has 1 aromatic carbocycles. The highest BCUT2D eigenvalue weighted by atomic mass is 16.6. The van der Waals surface area contributed by atoms with Crippen LogP contribution in [0.3, 0.4) is 0 Å². The predicted octanol–water partition coefficient (Wildman–Crippen LogP) is 1.96. The zero-order valence-electron chi connectivity index (χ0n) is 10.7. The zero-order valence-corrected chi connectivity index (χ0v) is 10.7. The lowest BCUT2D eigenvalue weighted by Gasteiger charge is -2.18. The molecule has 0 bridgehead atoms.